The summed E-state index contributed by atoms with van der Waals surface area (Å²) in [5.41, 5.74) is 1.59. The third-order valence-corrected chi connectivity index (χ3v) is 6.92. The van der Waals surface area contributed by atoms with Gasteiger partial charge in [0.15, 0.2) is 0 Å². The van der Waals surface area contributed by atoms with Crippen LogP contribution in [0.3, 0.4) is 0 Å². The van der Waals surface area contributed by atoms with Crippen LogP contribution in [0, 0.1) is 23.2 Å². The number of carbonyl (C=O) groups excluding carboxylic acids is 3. The second-order valence-corrected chi connectivity index (χ2v) is 9.36. The van der Waals surface area contributed by atoms with Gasteiger partial charge in [-0.25, -0.2) is 0 Å². The first-order chi connectivity index (χ1) is 15.0. The summed E-state index contributed by atoms with van der Waals surface area (Å²) in [5.74, 6) is -1.75. The van der Waals surface area contributed by atoms with Crippen molar-refractivity contribution in [2.45, 2.75) is 25.3 Å². The molecule has 0 radical (unpaired) electrons. The summed E-state index contributed by atoms with van der Waals surface area (Å²) >= 11 is 7.08. The predicted octanol–water partition coefficient (Wildman–Crippen LogP) is 3.57. The minimum Gasteiger partial charge on any atom is -0.344 e. The molecule has 8 heteroatoms. The summed E-state index contributed by atoms with van der Waals surface area (Å²) < 4.78 is 0.515. The van der Waals surface area contributed by atoms with E-state index >= 15 is 0 Å². The lowest BCUT2D eigenvalue weighted by molar-refractivity contribution is -0.140. The lowest BCUT2D eigenvalue weighted by atomic mass is 9.81. The minimum absolute atomic E-state index is 0.177. The summed E-state index contributed by atoms with van der Waals surface area (Å²) in [6.45, 7) is 0.322. The van der Waals surface area contributed by atoms with Crippen molar-refractivity contribution in [1.29, 1.82) is 5.26 Å². The van der Waals surface area contributed by atoms with E-state index < -0.39 is 17.9 Å². The predicted molar refractivity (Wildman–Crippen MR) is 118 cm³/mol. The van der Waals surface area contributed by atoms with Crippen LogP contribution in [0.5, 0.6) is 0 Å². The van der Waals surface area contributed by atoms with Gasteiger partial charge in [-0.3, -0.25) is 19.3 Å². The molecule has 1 aromatic carbocycles. The van der Waals surface area contributed by atoms with Gasteiger partial charge in [-0.15, -0.1) is 11.3 Å². The maximum absolute atomic E-state index is 13.1. The van der Waals surface area contributed by atoms with Gasteiger partial charge < -0.3 is 5.32 Å². The van der Waals surface area contributed by atoms with Gasteiger partial charge in [0.05, 0.1) is 38.7 Å². The third kappa shape index (κ3) is 4.41. The zero-order valence-corrected chi connectivity index (χ0v) is 18.2. The van der Waals surface area contributed by atoms with E-state index in [4.69, 9.17) is 16.9 Å². The Morgan fingerprint density at radius 1 is 1.26 bits per heavy atom. The SMILES string of the molecule is N#Cc1cccc(CCCN2C(=O)C3CC=CC(NC(=O)c4ccc(Cl)s4)C3C2=O)c1. The molecule has 4 rings (SSSR count). The Morgan fingerprint density at radius 3 is 2.84 bits per heavy atom. The Morgan fingerprint density at radius 2 is 2.10 bits per heavy atom. The largest absolute Gasteiger partial charge is 0.344 e. The van der Waals surface area contributed by atoms with Crippen molar-refractivity contribution in [3.05, 3.63) is 68.9 Å². The molecule has 1 aliphatic carbocycles. The van der Waals surface area contributed by atoms with Gasteiger partial charge in [-0.05, 0) is 49.1 Å². The number of allylic oxidation sites excluding steroid dienone is 1. The lowest BCUT2D eigenvalue weighted by Crippen LogP contribution is -2.45. The second-order valence-electron chi connectivity index (χ2n) is 7.64. The third-order valence-electron chi connectivity index (χ3n) is 5.69. The molecular weight excluding hydrogens is 434 g/mol. The van der Waals surface area contributed by atoms with E-state index in [2.05, 4.69) is 11.4 Å². The van der Waals surface area contributed by atoms with Crippen LogP contribution in [-0.4, -0.2) is 35.2 Å². The van der Waals surface area contributed by atoms with Crippen LogP contribution in [-0.2, 0) is 16.0 Å². The number of amides is 3. The number of nitriles is 1. The molecule has 31 heavy (non-hydrogen) atoms. The summed E-state index contributed by atoms with van der Waals surface area (Å²) in [5, 5.41) is 11.9. The number of carbonyl (C=O) groups is 3. The molecule has 0 bridgehead atoms. The summed E-state index contributed by atoms with van der Waals surface area (Å²) in [6, 6.07) is 12.2. The Kier molecular flexibility index (Phi) is 6.21. The number of hydrogen-bond donors (Lipinski definition) is 1. The first kappa shape index (κ1) is 21.3. The molecule has 1 aromatic heterocycles. The molecule has 2 aliphatic rings. The van der Waals surface area contributed by atoms with Crippen LogP contribution in [0.1, 0.15) is 33.6 Å². The Bertz CT molecular complexity index is 1100. The highest BCUT2D eigenvalue weighted by Crippen LogP contribution is 2.36. The molecule has 3 unspecified atom stereocenters. The molecule has 2 heterocycles. The normalized spacial score (nSPS) is 22.3. The maximum atomic E-state index is 13.1. The van der Waals surface area contributed by atoms with Crippen LogP contribution in [0.4, 0.5) is 0 Å². The molecule has 6 nitrogen and oxygen atoms in total. The van der Waals surface area contributed by atoms with E-state index in [9.17, 15) is 14.4 Å². The highest BCUT2D eigenvalue weighted by atomic mass is 35.5. The molecule has 1 aliphatic heterocycles. The fourth-order valence-electron chi connectivity index (χ4n) is 4.21. The number of hydrogen-bond acceptors (Lipinski definition) is 5. The topological polar surface area (TPSA) is 90.3 Å². The van der Waals surface area contributed by atoms with Crippen LogP contribution in [0.25, 0.3) is 0 Å². The van der Waals surface area contributed by atoms with E-state index in [0.717, 1.165) is 5.56 Å². The summed E-state index contributed by atoms with van der Waals surface area (Å²) in [4.78, 5) is 40.3. The number of rotatable bonds is 6. The van der Waals surface area contributed by atoms with Crippen molar-refractivity contribution < 1.29 is 14.4 Å². The Hall–Kier alpha value is -2.95. The lowest BCUT2D eigenvalue weighted by Gasteiger charge is -2.26. The van der Waals surface area contributed by atoms with Crippen molar-refractivity contribution in [1.82, 2.24) is 10.2 Å². The van der Waals surface area contributed by atoms with Crippen molar-refractivity contribution in [3.63, 3.8) is 0 Å². The standard InChI is InChI=1S/C23H20ClN3O3S/c24-19-10-9-18(31-19)21(28)26-17-8-2-7-16-20(17)23(30)27(22(16)29)11-3-6-14-4-1-5-15(12-14)13-25/h1-2,4-5,8-10,12,16-17,20H,3,6-7,11H2,(H,26,28). The Labute approximate surface area is 189 Å². The summed E-state index contributed by atoms with van der Waals surface area (Å²) in [7, 11) is 0. The van der Waals surface area contributed by atoms with Crippen LogP contribution < -0.4 is 5.32 Å². The molecule has 3 amide bonds. The van der Waals surface area contributed by atoms with Gasteiger partial charge >= 0.3 is 0 Å². The smallest absolute Gasteiger partial charge is 0.261 e. The molecule has 1 fully saturated rings. The number of imide groups is 1. The van der Waals surface area contributed by atoms with Gasteiger partial charge in [0.25, 0.3) is 5.91 Å². The number of halogens is 1. The number of likely N-dealkylation sites (tertiary alicyclic amines) is 1. The zero-order valence-electron chi connectivity index (χ0n) is 16.6. The quantitative estimate of drug-likeness (QED) is 0.534. The van der Waals surface area contributed by atoms with E-state index in [0.29, 0.717) is 40.6 Å². The molecule has 3 atom stereocenters. The molecule has 1 saturated heterocycles. The number of benzene rings is 1. The van der Waals surface area contributed by atoms with Gasteiger partial charge in [-0.2, -0.15) is 5.26 Å². The monoisotopic (exact) mass is 453 g/mol. The number of aryl methyl sites for hydroxylation is 1. The molecule has 1 N–H and O–H groups in total. The van der Waals surface area contributed by atoms with E-state index in [1.165, 1.54) is 16.2 Å². The molecule has 0 spiro atoms. The van der Waals surface area contributed by atoms with Gasteiger partial charge in [-0.1, -0.05) is 35.9 Å². The first-order valence-electron chi connectivity index (χ1n) is 10.0. The van der Waals surface area contributed by atoms with Crippen molar-refractivity contribution >= 4 is 40.7 Å². The number of nitrogens with one attached hydrogen (secondary N) is 1. The second kappa shape index (κ2) is 9.04. The van der Waals surface area contributed by atoms with Gasteiger partial charge in [0.1, 0.15) is 0 Å². The fraction of sp³-hybridized carbons (Fsp3) is 0.304. The van der Waals surface area contributed by atoms with Crippen LogP contribution >= 0.6 is 22.9 Å². The fourth-order valence-corrected chi connectivity index (χ4v) is 5.16. The van der Waals surface area contributed by atoms with Crippen molar-refractivity contribution in [2.24, 2.45) is 11.8 Å². The van der Waals surface area contributed by atoms with E-state index in [1.54, 1.807) is 24.3 Å². The molecule has 158 valence electrons. The van der Waals surface area contributed by atoms with E-state index in [1.807, 2.05) is 24.3 Å². The number of fused-ring (bicyclic) bond motifs is 1. The average Bonchev–Trinajstić information content (AvgIpc) is 3.31. The molecular formula is C23H20ClN3O3S. The first-order valence-corrected chi connectivity index (χ1v) is 11.2. The van der Waals surface area contributed by atoms with Crippen molar-refractivity contribution in [3.8, 4) is 6.07 Å². The number of nitrogens with zero attached hydrogens (tertiary/aromatic N) is 2. The van der Waals surface area contributed by atoms with Crippen LogP contribution in [0.15, 0.2) is 48.6 Å². The summed E-state index contributed by atoms with van der Waals surface area (Å²) in [6.07, 6.45) is 5.43. The van der Waals surface area contributed by atoms with Gasteiger partial charge in [0.2, 0.25) is 11.8 Å². The Balaban J connectivity index is 1.41. The molecule has 2 aromatic rings. The molecule has 0 saturated carbocycles. The highest BCUT2D eigenvalue weighted by Gasteiger charge is 2.51. The minimum atomic E-state index is -0.584. The highest BCUT2D eigenvalue weighted by molar-refractivity contribution is 7.18. The van der Waals surface area contributed by atoms with E-state index in [-0.39, 0.29) is 17.7 Å². The van der Waals surface area contributed by atoms with Crippen molar-refractivity contribution in [2.75, 3.05) is 6.54 Å². The van der Waals surface area contributed by atoms with Crippen LogP contribution in [0.2, 0.25) is 4.34 Å². The number of thiophene rings is 1. The maximum Gasteiger partial charge on any atom is 0.261 e. The average molecular weight is 454 g/mol. The van der Waals surface area contributed by atoms with Gasteiger partial charge in [0, 0.05) is 6.54 Å². The zero-order chi connectivity index (χ0) is 22.0.